The maximum atomic E-state index is 8.56. The van der Waals surface area contributed by atoms with Gasteiger partial charge in [0.2, 0.25) is 5.96 Å². The zero-order valence-electron chi connectivity index (χ0n) is 16.8. The van der Waals surface area contributed by atoms with E-state index in [1.807, 2.05) is 23.9 Å². The minimum atomic E-state index is 0.465. The van der Waals surface area contributed by atoms with E-state index < -0.39 is 0 Å². The molecule has 0 unspecified atom stereocenters. The maximum absolute atomic E-state index is 8.56. The van der Waals surface area contributed by atoms with Gasteiger partial charge in [-0.25, -0.2) is 0 Å². The molecule has 2 aromatic carbocycles. The van der Waals surface area contributed by atoms with Crippen LogP contribution in [-0.2, 0) is 12.8 Å². The third kappa shape index (κ3) is 5.35. The minimum absolute atomic E-state index is 0.465. The largest absolute Gasteiger partial charge is 0.316 e. The van der Waals surface area contributed by atoms with Gasteiger partial charge in [-0.05, 0) is 61.1 Å². The molecule has 0 aromatic heterocycles. The Hall–Kier alpha value is -2.29. The Bertz CT molecular complexity index is 614. The highest BCUT2D eigenvalue weighted by Gasteiger charge is 2.13. The lowest BCUT2D eigenvalue weighted by atomic mass is 10.1. The molecule has 0 atom stereocenters. The number of hydrogen-bond acceptors (Lipinski definition) is 1. The highest BCUT2D eigenvalue weighted by molar-refractivity contribution is 6.04. The normalized spacial score (nSPS) is 10.6. The van der Waals surface area contributed by atoms with Crippen molar-refractivity contribution in [2.75, 3.05) is 23.9 Å². The van der Waals surface area contributed by atoms with Crippen molar-refractivity contribution in [2.24, 2.45) is 0 Å². The van der Waals surface area contributed by atoms with E-state index in [0.717, 1.165) is 24.2 Å². The summed E-state index contributed by atoms with van der Waals surface area (Å²) >= 11 is 0. The number of aryl methyl sites for hydroxylation is 2. The second-order valence-corrected chi connectivity index (χ2v) is 6.98. The average molecular weight is 352 g/mol. The summed E-state index contributed by atoms with van der Waals surface area (Å²) in [5.74, 6) is 0.465. The molecule has 2 rings (SSSR count). The molecule has 0 spiro atoms. The molecule has 0 bridgehead atoms. The van der Waals surface area contributed by atoms with Crippen molar-refractivity contribution in [2.45, 2.75) is 52.4 Å². The van der Waals surface area contributed by atoms with Gasteiger partial charge in [-0.1, -0.05) is 51.0 Å². The van der Waals surface area contributed by atoms with Gasteiger partial charge in [0.05, 0.1) is 0 Å². The Balaban J connectivity index is 2.02. The van der Waals surface area contributed by atoms with Gasteiger partial charge >= 0.3 is 0 Å². The Morgan fingerprint density at radius 3 is 1.35 bits per heavy atom. The highest BCUT2D eigenvalue weighted by atomic mass is 15.3. The van der Waals surface area contributed by atoms with Gasteiger partial charge in [-0.2, -0.15) is 0 Å². The van der Waals surface area contributed by atoms with Crippen molar-refractivity contribution in [3.63, 3.8) is 0 Å². The van der Waals surface area contributed by atoms with Crippen molar-refractivity contribution >= 4 is 17.3 Å². The SMILES string of the molecule is CCCCc1ccc(N(C)C(=N)N(C)c2ccc(CCCC)cc2)cc1. The lowest BCUT2D eigenvalue weighted by Crippen LogP contribution is -2.39. The zero-order valence-corrected chi connectivity index (χ0v) is 16.8. The van der Waals surface area contributed by atoms with E-state index in [1.165, 1.54) is 36.8 Å². The Morgan fingerprint density at radius 1 is 0.692 bits per heavy atom. The zero-order chi connectivity index (χ0) is 18.9. The van der Waals surface area contributed by atoms with Crippen LogP contribution < -0.4 is 9.80 Å². The molecule has 2 aromatic rings. The number of nitrogens with one attached hydrogen (secondary N) is 1. The summed E-state index contributed by atoms with van der Waals surface area (Å²) in [5, 5.41) is 8.56. The molecular formula is C23H33N3. The Kier molecular flexibility index (Phi) is 7.71. The van der Waals surface area contributed by atoms with Gasteiger partial charge in [0.1, 0.15) is 0 Å². The monoisotopic (exact) mass is 351 g/mol. The molecule has 3 heteroatoms. The molecule has 0 aliphatic rings. The lowest BCUT2D eigenvalue weighted by Gasteiger charge is -2.28. The van der Waals surface area contributed by atoms with Crippen molar-refractivity contribution in [3.05, 3.63) is 59.7 Å². The highest BCUT2D eigenvalue weighted by Crippen LogP contribution is 2.20. The number of anilines is 2. The predicted molar refractivity (Wildman–Crippen MR) is 115 cm³/mol. The molecule has 140 valence electrons. The van der Waals surface area contributed by atoms with Gasteiger partial charge in [0.25, 0.3) is 0 Å². The first-order chi connectivity index (χ1) is 12.6. The molecule has 1 N–H and O–H groups in total. The summed E-state index contributed by atoms with van der Waals surface area (Å²) in [7, 11) is 3.91. The smallest absolute Gasteiger partial charge is 0.202 e. The molecule has 0 aliphatic heterocycles. The number of rotatable bonds is 8. The van der Waals surface area contributed by atoms with Crippen LogP contribution in [-0.4, -0.2) is 20.1 Å². The van der Waals surface area contributed by atoms with Crippen LogP contribution in [0.15, 0.2) is 48.5 Å². The van der Waals surface area contributed by atoms with Crippen molar-refractivity contribution in [1.29, 1.82) is 5.41 Å². The van der Waals surface area contributed by atoms with Crippen molar-refractivity contribution < 1.29 is 0 Å². The van der Waals surface area contributed by atoms with Crippen LogP contribution in [0.2, 0.25) is 0 Å². The van der Waals surface area contributed by atoms with Gasteiger partial charge in [0, 0.05) is 25.5 Å². The molecule has 0 fully saturated rings. The van der Waals surface area contributed by atoms with Crippen molar-refractivity contribution in [3.8, 4) is 0 Å². The second-order valence-electron chi connectivity index (χ2n) is 6.98. The van der Waals surface area contributed by atoms with Gasteiger partial charge in [0.15, 0.2) is 0 Å². The molecule has 0 saturated carbocycles. The summed E-state index contributed by atoms with van der Waals surface area (Å²) in [6, 6.07) is 17.2. The lowest BCUT2D eigenvalue weighted by molar-refractivity contribution is 0.795. The first kappa shape index (κ1) is 20.0. The van der Waals surface area contributed by atoms with E-state index in [0.29, 0.717) is 5.96 Å². The van der Waals surface area contributed by atoms with E-state index in [-0.39, 0.29) is 0 Å². The van der Waals surface area contributed by atoms with E-state index in [1.54, 1.807) is 0 Å². The number of unbranched alkanes of at least 4 members (excludes halogenated alkanes) is 2. The van der Waals surface area contributed by atoms with Crippen LogP contribution in [0.5, 0.6) is 0 Å². The number of nitrogens with zero attached hydrogens (tertiary/aromatic N) is 2. The van der Waals surface area contributed by atoms with Gasteiger partial charge < -0.3 is 9.80 Å². The van der Waals surface area contributed by atoms with Gasteiger partial charge in [-0.3, -0.25) is 5.41 Å². The fraction of sp³-hybridized carbons (Fsp3) is 0.435. The van der Waals surface area contributed by atoms with Crippen LogP contribution in [0.4, 0.5) is 11.4 Å². The fourth-order valence-electron chi connectivity index (χ4n) is 3.00. The summed E-state index contributed by atoms with van der Waals surface area (Å²) in [6.45, 7) is 4.44. The van der Waals surface area contributed by atoms with E-state index >= 15 is 0 Å². The number of hydrogen-bond donors (Lipinski definition) is 1. The quantitative estimate of drug-likeness (QED) is 0.475. The first-order valence-electron chi connectivity index (χ1n) is 9.80. The molecule has 0 heterocycles. The molecule has 0 radical (unpaired) electrons. The molecule has 0 aliphatic carbocycles. The van der Waals surface area contributed by atoms with E-state index in [2.05, 4.69) is 62.4 Å². The first-order valence-corrected chi connectivity index (χ1v) is 9.80. The Morgan fingerprint density at radius 2 is 1.04 bits per heavy atom. The van der Waals surface area contributed by atoms with Crippen molar-refractivity contribution in [1.82, 2.24) is 0 Å². The molecule has 3 nitrogen and oxygen atoms in total. The van der Waals surface area contributed by atoms with E-state index in [9.17, 15) is 0 Å². The molecule has 26 heavy (non-hydrogen) atoms. The molecule has 0 amide bonds. The molecule has 0 saturated heterocycles. The van der Waals surface area contributed by atoms with E-state index in [4.69, 9.17) is 5.41 Å². The fourth-order valence-corrected chi connectivity index (χ4v) is 3.00. The predicted octanol–water partition coefficient (Wildman–Crippen LogP) is 5.88. The summed E-state index contributed by atoms with van der Waals surface area (Å²) in [5.41, 5.74) is 4.82. The average Bonchev–Trinajstić information content (AvgIpc) is 2.69. The second kappa shape index (κ2) is 10.0. The Labute approximate surface area is 159 Å². The topological polar surface area (TPSA) is 30.3 Å². The summed E-state index contributed by atoms with van der Waals surface area (Å²) in [4.78, 5) is 3.85. The van der Waals surface area contributed by atoms with Crippen LogP contribution in [0.1, 0.15) is 50.7 Å². The number of guanidine groups is 1. The number of benzene rings is 2. The maximum Gasteiger partial charge on any atom is 0.202 e. The standard InChI is InChI=1S/C23H33N3/c1-5-7-9-19-11-15-21(16-12-19)25(3)23(24)26(4)22-17-13-20(14-18-22)10-8-6-2/h11-18,24H,5-10H2,1-4H3. The summed E-state index contributed by atoms with van der Waals surface area (Å²) < 4.78 is 0. The molecular weight excluding hydrogens is 318 g/mol. The van der Waals surface area contributed by atoms with Crippen LogP contribution in [0.25, 0.3) is 0 Å². The van der Waals surface area contributed by atoms with Crippen LogP contribution in [0, 0.1) is 5.41 Å². The third-order valence-corrected chi connectivity index (χ3v) is 4.92. The van der Waals surface area contributed by atoms with Crippen LogP contribution >= 0.6 is 0 Å². The van der Waals surface area contributed by atoms with Crippen LogP contribution in [0.3, 0.4) is 0 Å². The van der Waals surface area contributed by atoms with Gasteiger partial charge in [-0.15, -0.1) is 0 Å². The minimum Gasteiger partial charge on any atom is -0.316 e. The summed E-state index contributed by atoms with van der Waals surface area (Å²) in [6.07, 6.45) is 7.14. The third-order valence-electron chi connectivity index (χ3n) is 4.92.